The lowest BCUT2D eigenvalue weighted by Crippen LogP contribution is -2.46. The highest BCUT2D eigenvalue weighted by Crippen LogP contribution is 2.31. The molecular formula is C28H24N4O3. The molecule has 0 spiro atoms. The van der Waals surface area contributed by atoms with Gasteiger partial charge in [-0.25, -0.2) is 4.68 Å². The summed E-state index contributed by atoms with van der Waals surface area (Å²) in [6.45, 7) is 2.40. The van der Waals surface area contributed by atoms with Crippen molar-refractivity contribution < 1.29 is 14.3 Å². The van der Waals surface area contributed by atoms with Gasteiger partial charge < -0.3 is 4.74 Å². The van der Waals surface area contributed by atoms with Gasteiger partial charge in [-0.3, -0.25) is 14.5 Å². The van der Waals surface area contributed by atoms with Crippen molar-refractivity contribution in [2.45, 2.75) is 25.9 Å². The molecule has 0 saturated carbocycles. The zero-order chi connectivity index (χ0) is 24.4. The lowest BCUT2D eigenvalue weighted by molar-refractivity contribution is -0.142. The molecule has 7 nitrogen and oxygen atoms in total. The second kappa shape index (κ2) is 9.53. The average Bonchev–Trinajstić information content (AvgIpc) is 3.56. The maximum atomic E-state index is 13.5. The lowest BCUT2D eigenvalue weighted by atomic mass is 9.93. The fourth-order valence-electron chi connectivity index (χ4n) is 4.47. The Hall–Kier alpha value is -4.28. The predicted octanol–water partition coefficient (Wildman–Crippen LogP) is 4.31. The van der Waals surface area contributed by atoms with Crippen LogP contribution in [0.3, 0.4) is 0 Å². The number of benzene rings is 2. The van der Waals surface area contributed by atoms with Gasteiger partial charge in [0.25, 0.3) is 11.8 Å². The van der Waals surface area contributed by atoms with Crippen LogP contribution in [0.1, 0.15) is 25.3 Å². The minimum Gasteiger partial charge on any atom is -0.376 e. The number of carbonyl (C=O) groups excluding carboxylic acids is 2. The molecule has 7 heteroatoms. The fraction of sp³-hybridized carbons (Fsp3) is 0.214. The Morgan fingerprint density at radius 1 is 1.09 bits per heavy atom. The van der Waals surface area contributed by atoms with Gasteiger partial charge in [-0.1, -0.05) is 48.5 Å². The first-order valence-electron chi connectivity index (χ1n) is 11.6. The van der Waals surface area contributed by atoms with Gasteiger partial charge in [-0.05, 0) is 43.5 Å². The van der Waals surface area contributed by atoms with Crippen LogP contribution in [-0.4, -0.2) is 45.8 Å². The first-order chi connectivity index (χ1) is 17.1. The van der Waals surface area contributed by atoms with E-state index in [0.29, 0.717) is 29.0 Å². The van der Waals surface area contributed by atoms with Gasteiger partial charge in [-0.2, -0.15) is 10.4 Å². The summed E-state index contributed by atoms with van der Waals surface area (Å²) in [5.41, 5.74) is 3.85. The van der Waals surface area contributed by atoms with Crippen LogP contribution in [0.5, 0.6) is 0 Å². The van der Waals surface area contributed by atoms with E-state index < -0.39 is 11.8 Å². The van der Waals surface area contributed by atoms with Crippen molar-refractivity contribution in [3.05, 3.63) is 89.1 Å². The SMILES string of the molecule is CC1=C(C#N)C(=O)N(C[C@@H]2CCCO2)C(=O)/C1=C\c1cn(-c2ccccc2)nc1-c1ccccc1. The smallest absolute Gasteiger partial charge is 0.271 e. The Balaban J connectivity index is 1.63. The van der Waals surface area contributed by atoms with Crippen LogP contribution in [0.25, 0.3) is 23.0 Å². The van der Waals surface area contributed by atoms with E-state index in [9.17, 15) is 14.9 Å². The summed E-state index contributed by atoms with van der Waals surface area (Å²) in [5, 5.41) is 14.5. The van der Waals surface area contributed by atoms with Crippen molar-refractivity contribution in [1.29, 1.82) is 5.26 Å². The Kier molecular flexibility index (Phi) is 6.13. The van der Waals surface area contributed by atoms with Crippen LogP contribution in [0.2, 0.25) is 0 Å². The van der Waals surface area contributed by atoms with Crippen molar-refractivity contribution in [2.24, 2.45) is 0 Å². The van der Waals surface area contributed by atoms with Crippen molar-refractivity contribution in [1.82, 2.24) is 14.7 Å². The Morgan fingerprint density at radius 3 is 2.46 bits per heavy atom. The zero-order valence-corrected chi connectivity index (χ0v) is 19.3. The number of amides is 2. The third kappa shape index (κ3) is 4.32. The summed E-state index contributed by atoms with van der Waals surface area (Å²) in [5.74, 6) is -0.987. The highest BCUT2D eigenvalue weighted by molar-refractivity contribution is 6.19. The summed E-state index contributed by atoms with van der Waals surface area (Å²) in [4.78, 5) is 27.7. The van der Waals surface area contributed by atoms with Crippen LogP contribution in [0, 0.1) is 11.3 Å². The van der Waals surface area contributed by atoms with Crippen molar-refractivity contribution >= 4 is 17.9 Å². The minimum atomic E-state index is -0.564. The van der Waals surface area contributed by atoms with Gasteiger partial charge in [0.1, 0.15) is 11.6 Å². The van der Waals surface area contributed by atoms with E-state index in [-0.39, 0.29) is 18.2 Å². The zero-order valence-electron chi connectivity index (χ0n) is 19.3. The van der Waals surface area contributed by atoms with Gasteiger partial charge in [0.05, 0.1) is 24.0 Å². The number of nitrogens with zero attached hydrogens (tertiary/aromatic N) is 4. The molecule has 3 aromatic rings. The molecule has 2 aromatic carbocycles. The van der Waals surface area contributed by atoms with E-state index in [0.717, 1.165) is 29.0 Å². The monoisotopic (exact) mass is 464 g/mol. The van der Waals surface area contributed by atoms with Gasteiger partial charge in [0.15, 0.2) is 0 Å². The van der Waals surface area contributed by atoms with Gasteiger partial charge in [0, 0.05) is 29.5 Å². The summed E-state index contributed by atoms with van der Waals surface area (Å²) >= 11 is 0. The molecule has 1 aromatic heterocycles. The van der Waals surface area contributed by atoms with E-state index in [4.69, 9.17) is 9.84 Å². The van der Waals surface area contributed by atoms with Gasteiger partial charge in [0.2, 0.25) is 0 Å². The third-order valence-corrected chi connectivity index (χ3v) is 6.35. The number of imide groups is 1. The van der Waals surface area contributed by atoms with Crippen LogP contribution in [0.4, 0.5) is 0 Å². The molecule has 3 heterocycles. The van der Waals surface area contributed by atoms with Crippen molar-refractivity contribution in [3.63, 3.8) is 0 Å². The molecular weight excluding hydrogens is 440 g/mol. The topological polar surface area (TPSA) is 88.2 Å². The highest BCUT2D eigenvalue weighted by atomic mass is 16.5. The molecule has 174 valence electrons. The number of hydrogen-bond acceptors (Lipinski definition) is 5. The Labute approximate surface area is 203 Å². The number of nitriles is 1. The number of para-hydroxylation sites is 1. The quantitative estimate of drug-likeness (QED) is 0.415. The lowest BCUT2D eigenvalue weighted by Gasteiger charge is -2.29. The van der Waals surface area contributed by atoms with Crippen LogP contribution in [-0.2, 0) is 14.3 Å². The second-order valence-corrected chi connectivity index (χ2v) is 8.60. The molecule has 1 fully saturated rings. The number of carbonyl (C=O) groups is 2. The van der Waals surface area contributed by atoms with E-state index >= 15 is 0 Å². The number of hydrogen-bond donors (Lipinski definition) is 0. The van der Waals surface area contributed by atoms with E-state index in [1.165, 1.54) is 0 Å². The van der Waals surface area contributed by atoms with E-state index in [2.05, 4.69) is 0 Å². The Bertz CT molecular complexity index is 1370. The summed E-state index contributed by atoms with van der Waals surface area (Å²) in [6, 6.07) is 21.4. The summed E-state index contributed by atoms with van der Waals surface area (Å²) < 4.78 is 7.42. The largest absolute Gasteiger partial charge is 0.376 e. The molecule has 0 N–H and O–H groups in total. The molecule has 0 unspecified atom stereocenters. The van der Waals surface area contributed by atoms with Gasteiger partial charge >= 0.3 is 0 Å². The standard InChI is InChI=1S/C28H24N4O3/c1-19-24(27(33)31(28(34)25(19)16-29)18-23-13-8-14-35-23)15-21-17-32(22-11-6-3-7-12-22)30-26(21)20-9-4-2-5-10-20/h2-7,9-12,15,17,23H,8,13-14,18H2,1H3/b24-15-/t23-/m0/s1. The van der Waals surface area contributed by atoms with Crippen LogP contribution < -0.4 is 0 Å². The number of aromatic nitrogens is 2. The first kappa shape index (κ1) is 22.5. The third-order valence-electron chi connectivity index (χ3n) is 6.35. The number of ether oxygens (including phenoxy) is 1. The van der Waals surface area contributed by atoms with E-state index in [1.807, 2.05) is 72.9 Å². The average molecular weight is 465 g/mol. The molecule has 0 bridgehead atoms. The molecule has 2 aliphatic rings. The molecule has 2 amide bonds. The Morgan fingerprint density at radius 2 is 1.80 bits per heavy atom. The van der Waals surface area contributed by atoms with Crippen LogP contribution >= 0.6 is 0 Å². The first-order valence-corrected chi connectivity index (χ1v) is 11.6. The normalized spacial score (nSPS) is 19.5. The van der Waals surface area contributed by atoms with Crippen molar-refractivity contribution in [3.8, 4) is 23.0 Å². The molecule has 1 atom stereocenters. The molecule has 0 aliphatic carbocycles. The van der Waals surface area contributed by atoms with Gasteiger partial charge in [-0.15, -0.1) is 0 Å². The number of rotatable bonds is 5. The second-order valence-electron chi connectivity index (χ2n) is 8.60. The fourth-order valence-corrected chi connectivity index (χ4v) is 4.47. The summed E-state index contributed by atoms with van der Waals surface area (Å²) in [6.07, 6.45) is 5.06. The molecule has 2 aliphatic heterocycles. The molecule has 0 radical (unpaired) electrons. The molecule has 1 saturated heterocycles. The highest BCUT2D eigenvalue weighted by Gasteiger charge is 2.37. The molecule has 35 heavy (non-hydrogen) atoms. The maximum Gasteiger partial charge on any atom is 0.271 e. The van der Waals surface area contributed by atoms with Crippen LogP contribution in [0.15, 0.2) is 83.6 Å². The predicted molar refractivity (Wildman–Crippen MR) is 131 cm³/mol. The molecule has 5 rings (SSSR count). The summed E-state index contributed by atoms with van der Waals surface area (Å²) in [7, 11) is 0. The van der Waals surface area contributed by atoms with E-state index in [1.54, 1.807) is 17.7 Å². The maximum absolute atomic E-state index is 13.5. The minimum absolute atomic E-state index is 0.0226. The van der Waals surface area contributed by atoms with Crippen molar-refractivity contribution in [2.75, 3.05) is 13.2 Å².